The topological polar surface area (TPSA) is 45.4 Å². The molecule has 0 bridgehead atoms. The van der Waals surface area contributed by atoms with Crippen LogP contribution in [0, 0.1) is 10.7 Å². The monoisotopic (exact) mass is 252 g/mol. The molecule has 0 fully saturated rings. The first-order valence-corrected chi connectivity index (χ1v) is 6.85. The van der Waals surface area contributed by atoms with E-state index in [4.69, 9.17) is 10.00 Å². The van der Waals surface area contributed by atoms with Gasteiger partial charge in [0.1, 0.15) is 5.40 Å². The van der Waals surface area contributed by atoms with Gasteiger partial charge in [0, 0.05) is 5.75 Å². The Bertz CT molecular complexity index is 349. The third-order valence-corrected chi connectivity index (χ3v) is 3.31. The largest absolute Gasteiger partial charge is 0.482 e. The van der Waals surface area contributed by atoms with E-state index in [1.54, 1.807) is 11.8 Å². The molecular formula is C11H12N2OS2. The molecule has 0 N–H and O–H groups in total. The second kappa shape index (κ2) is 9.13. The number of benzene rings is 1. The minimum absolute atomic E-state index is 0.618. The molecule has 0 spiro atoms. The highest BCUT2D eigenvalue weighted by molar-refractivity contribution is 8.18. The summed E-state index contributed by atoms with van der Waals surface area (Å²) >= 11 is 2.93. The van der Waals surface area contributed by atoms with Crippen molar-refractivity contribution in [1.29, 1.82) is 5.26 Å². The van der Waals surface area contributed by atoms with E-state index < -0.39 is 0 Å². The van der Waals surface area contributed by atoms with Crippen LogP contribution in [-0.2, 0) is 4.74 Å². The maximum Gasteiger partial charge on any atom is 0.174 e. The van der Waals surface area contributed by atoms with E-state index in [1.807, 2.05) is 35.7 Å². The molecule has 0 atom stereocenters. The smallest absolute Gasteiger partial charge is 0.174 e. The first kappa shape index (κ1) is 12.9. The fraction of sp³-hybridized carbons (Fsp3) is 0.273. The second-order valence-corrected chi connectivity index (χ2v) is 4.93. The molecule has 1 aromatic rings. The number of hydrogen-bond acceptors (Lipinski definition) is 5. The molecule has 16 heavy (non-hydrogen) atoms. The van der Waals surface area contributed by atoms with E-state index in [0.717, 1.165) is 16.5 Å². The van der Waals surface area contributed by atoms with Gasteiger partial charge >= 0.3 is 0 Å². The molecule has 0 amide bonds. The molecule has 0 aliphatic carbocycles. The number of ether oxygens (including phenoxy) is 1. The third kappa shape index (κ3) is 6.38. The van der Waals surface area contributed by atoms with E-state index in [0.29, 0.717) is 6.61 Å². The molecule has 1 rings (SSSR count). The van der Waals surface area contributed by atoms with Gasteiger partial charge in [0.15, 0.2) is 6.40 Å². The molecule has 84 valence electrons. The van der Waals surface area contributed by atoms with Gasteiger partial charge in [0.2, 0.25) is 0 Å². The fourth-order valence-corrected chi connectivity index (χ4v) is 2.13. The van der Waals surface area contributed by atoms with Gasteiger partial charge in [0.25, 0.3) is 0 Å². The van der Waals surface area contributed by atoms with E-state index in [-0.39, 0.29) is 0 Å². The molecule has 0 saturated carbocycles. The van der Waals surface area contributed by atoms with E-state index in [1.165, 1.54) is 18.2 Å². The average molecular weight is 252 g/mol. The minimum Gasteiger partial charge on any atom is -0.482 e. The number of aliphatic imine (C=N–C) groups is 1. The lowest BCUT2D eigenvalue weighted by atomic mass is 10.3. The van der Waals surface area contributed by atoms with Crippen LogP contribution in [0.2, 0.25) is 0 Å². The molecule has 0 aliphatic rings. The molecule has 0 radical (unpaired) electrons. The number of para-hydroxylation sites is 1. The highest BCUT2D eigenvalue weighted by atomic mass is 32.2. The van der Waals surface area contributed by atoms with Gasteiger partial charge in [0.05, 0.1) is 17.4 Å². The normalized spacial score (nSPS) is 10.2. The molecule has 5 heteroatoms. The van der Waals surface area contributed by atoms with E-state index >= 15 is 0 Å². The summed E-state index contributed by atoms with van der Waals surface area (Å²) in [6.07, 6.45) is 1.47. The van der Waals surface area contributed by atoms with Crippen molar-refractivity contribution in [2.75, 3.05) is 17.4 Å². The van der Waals surface area contributed by atoms with Crippen LogP contribution in [0.15, 0.2) is 35.3 Å². The number of hydrogen-bond donors (Lipinski definition) is 0. The maximum atomic E-state index is 8.28. The Labute approximate surface area is 104 Å². The summed E-state index contributed by atoms with van der Waals surface area (Å²) in [5.74, 6) is 0.871. The summed E-state index contributed by atoms with van der Waals surface area (Å²) in [6, 6.07) is 9.64. The zero-order valence-electron chi connectivity index (χ0n) is 8.70. The molecule has 1 aromatic carbocycles. The van der Waals surface area contributed by atoms with Gasteiger partial charge in [-0.05, 0) is 23.9 Å². The van der Waals surface area contributed by atoms with Crippen molar-refractivity contribution in [1.82, 2.24) is 0 Å². The Morgan fingerprint density at radius 3 is 2.94 bits per heavy atom. The lowest BCUT2D eigenvalue weighted by molar-refractivity contribution is 0.348. The van der Waals surface area contributed by atoms with Crippen LogP contribution in [0.25, 0.3) is 0 Å². The standard InChI is InChI=1S/C11H12N2OS2/c12-8-16-10-15-7-6-14-9-13-11-4-2-1-3-5-11/h1-5,9H,6-7,10H2. The Morgan fingerprint density at radius 1 is 1.38 bits per heavy atom. The van der Waals surface area contributed by atoms with Crippen molar-refractivity contribution in [3.63, 3.8) is 0 Å². The average Bonchev–Trinajstić information content (AvgIpc) is 2.34. The lowest BCUT2D eigenvalue weighted by Gasteiger charge is -1.98. The summed E-state index contributed by atoms with van der Waals surface area (Å²) < 4.78 is 5.21. The number of thioether (sulfide) groups is 2. The van der Waals surface area contributed by atoms with Gasteiger partial charge in [-0.1, -0.05) is 18.2 Å². The Hall–Kier alpha value is -1.12. The number of nitriles is 1. The number of nitrogens with zero attached hydrogens (tertiary/aromatic N) is 2. The fourth-order valence-electron chi connectivity index (χ4n) is 0.899. The predicted molar refractivity (Wildman–Crippen MR) is 71.1 cm³/mol. The van der Waals surface area contributed by atoms with Crippen molar-refractivity contribution < 1.29 is 4.74 Å². The van der Waals surface area contributed by atoms with Crippen molar-refractivity contribution in [3.05, 3.63) is 30.3 Å². The van der Waals surface area contributed by atoms with Gasteiger partial charge in [-0.25, -0.2) is 4.99 Å². The van der Waals surface area contributed by atoms with Gasteiger partial charge in [-0.15, -0.1) is 11.8 Å². The maximum absolute atomic E-state index is 8.28. The second-order valence-electron chi connectivity index (χ2n) is 2.70. The zero-order chi connectivity index (χ0) is 11.5. The SMILES string of the molecule is N#CSCSCCOC=Nc1ccccc1. The van der Waals surface area contributed by atoms with E-state index in [9.17, 15) is 0 Å². The summed E-state index contributed by atoms with van der Waals surface area (Å²) in [5, 5.41) is 11.1. The minimum atomic E-state index is 0.618. The summed E-state index contributed by atoms with van der Waals surface area (Å²) in [7, 11) is 0. The first-order valence-electron chi connectivity index (χ1n) is 4.71. The van der Waals surface area contributed by atoms with Crippen molar-refractivity contribution in [3.8, 4) is 5.40 Å². The third-order valence-electron chi connectivity index (χ3n) is 1.58. The van der Waals surface area contributed by atoms with Crippen molar-refractivity contribution >= 4 is 35.6 Å². The highest BCUT2D eigenvalue weighted by Gasteiger charge is 1.89. The van der Waals surface area contributed by atoms with Gasteiger partial charge < -0.3 is 4.74 Å². The summed E-state index contributed by atoms with van der Waals surface area (Å²) in [5.41, 5.74) is 0.884. The summed E-state index contributed by atoms with van der Waals surface area (Å²) in [6.45, 7) is 0.618. The Balaban J connectivity index is 2.03. The predicted octanol–water partition coefficient (Wildman–Crippen LogP) is 3.27. The molecule has 0 aromatic heterocycles. The van der Waals surface area contributed by atoms with E-state index in [2.05, 4.69) is 4.99 Å². The molecule has 3 nitrogen and oxygen atoms in total. The Morgan fingerprint density at radius 2 is 2.19 bits per heavy atom. The molecular weight excluding hydrogens is 240 g/mol. The van der Waals surface area contributed by atoms with Gasteiger partial charge in [-0.3, -0.25) is 0 Å². The lowest BCUT2D eigenvalue weighted by Crippen LogP contribution is -1.94. The van der Waals surface area contributed by atoms with Crippen molar-refractivity contribution in [2.45, 2.75) is 0 Å². The Kier molecular flexibility index (Phi) is 7.39. The van der Waals surface area contributed by atoms with Crippen LogP contribution < -0.4 is 0 Å². The zero-order valence-corrected chi connectivity index (χ0v) is 10.3. The number of thiocyanates is 1. The van der Waals surface area contributed by atoms with Crippen LogP contribution in [0.5, 0.6) is 0 Å². The van der Waals surface area contributed by atoms with Gasteiger partial charge in [-0.2, -0.15) is 5.26 Å². The quantitative estimate of drug-likeness (QED) is 0.246. The summed E-state index contributed by atoms with van der Waals surface area (Å²) in [4.78, 5) is 4.13. The number of rotatable bonds is 7. The molecule has 0 unspecified atom stereocenters. The highest BCUT2D eigenvalue weighted by Crippen LogP contribution is 2.10. The first-order chi connectivity index (χ1) is 7.93. The van der Waals surface area contributed by atoms with Crippen LogP contribution in [0.3, 0.4) is 0 Å². The van der Waals surface area contributed by atoms with Crippen LogP contribution >= 0.6 is 23.5 Å². The molecule has 0 saturated heterocycles. The van der Waals surface area contributed by atoms with Crippen LogP contribution in [0.1, 0.15) is 0 Å². The van der Waals surface area contributed by atoms with Crippen LogP contribution in [0.4, 0.5) is 5.69 Å². The molecule has 0 aliphatic heterocycles. The van der Waals surface area contributed by atoms with Crippen molar-refractivity contribution in [2.24, 2.45) is 4.99 Å². The molecule has 0 heterocycles. The van der Waals surface area contributed by atoms with Crippen LogP contribution in [-0.4, -0.2) is 23.8 Å².